The summed E-state index contributed by atoms with van der Waals surface area (Å²) in [6.07, 6.45) is 13.3. The highest BCUT2D eigenvalue weighted by molar-refractivity contribution is 5.91. The largest absolute Gasteiger partial charge is 0.327 e. The van der Waals surface area contributed by atoms with Crippen LogP contribution in [-0.2, 0) is 49.5 Å². The lowest BCUT2D eigenvalue weighted by Gasteiger charge is -2.23. The van der Waals surface area contributed by atoms with Crippen molar-refractivity contribution >= 4 is 75.7 Å². The quantitative estimate of drug-likeness (QED) is 0.139. The van der Waals surface area contributed by atoms with Crippen LogP contribution in [-0.4, -0.2) is 32.4 Å². The Kier molecular flexibility index (Phi) is 50.4. The first kappa shape index (κ1) is 135. The van der Waals surface area contributed by atoms with Gasteiger partial charge in [-0.05, 0) is 349 Å². The molecule has 0 atom stereocenters. The molecule has 16 aromatic rings. The summed E-state index contributed by atoms with van der Waals surface area (Å²) in [5.74, 6) is 12.0. The number of benzene rings is 9. The van der Waals surface area contributed by atoms with Crippen molar-refractivity contribution < 1.29 is 0 Å². The average Bonchev–Trinajstić information content (AvgIpc) is 1.58. The van der Waals surface area contributed by atoms with Gasteiger partial charge < -0.3 is 27.4 Å². The minimum absolute atomic E-state index is 0. The second-order valence-electron chi connectivity index (χ2n) is 45.4. The van der Waals surface area contributed by atoms with Crippen LogP contribution in [0.4, 0.5) is 0 Å². The zero-order chi connectivity index (χ0) is 103. The maximum absolute atomic E-state index is 12.7. The van der Waals surface area contributed by atoms with Crippen LogP contribution in [0.3, 0.4) is 0 Å². The van der Waals surface area contributed by atoms with E-state index in [1.807, 2.05) is 296 Å². The fraction of sp³-hybridized carbons (Fsp3) is 0.418. The van der Waals surface area contributed by atoms with Crippen LogP contribution in [0, 0.1) is 86.0 Å². The molecule has 0 unspecified atom stereocenters. The second-order valence-corrected chi connectivity index (χ2v) is 45.4. The standard InChI is InChI=1S/C17H19NO.C16H17NO.C15H18.2C14H17NO.C13H15NO.C13H20.C12H18.C11H14N2.9CH4/c1-6-8-13-11-18(17(3,4)5)16(19)15-12(2)9-7-10-14(13)15;1-5-8-12-11-17(16(2,3)4)15(18)14-10-7-6-9-13(12)14;1-11-9-12-7-5-6-8-13(12)10-14(11)15(2,3)4;1-10-5-6-12-11(9-10)7-8-15(13(12)16)14(2,3)4;1-10-6-5-7-11-8-9-15(14(2,3)4)13(16)12(10)11;1-13(2,3)14-9-8-10-6-4-5-7-11(10)12(14)15;1-9-7-11(3)12(8-10(9)2)13(4,5)6;1-9-6-10(2)8-11(7-9)12(3,4)5;1-11(2,3)13-8-6-9-5-4-7-12-10(9)13;;;;;;;;;/h7,9-11H,1-5H3;6-7,9-11H,1-4H3;5-10H,1-4H3;2*5-9H,1-4H3;4-9H,1-3H3;7-8H,1-6H3;6-8H,1-5H3;4-8H,1-3H3;9*1H4. The summed E-state index contributed by atoms with van der Waals surface area (Å²) in [6.45, 7) is 80.1. The molecule has 0 aliphatic carbocycles. The molecule has 7 aromatic heterocycles. The van der Waals surface area contributed by atoms with Crippen molar-refractivity contribution in [3.8, 4) is 23.7 Å². The van der Waals surface area contributed by atoms with E-state index in [9.17, 15) is 24.0 Å². The average molecular weight is 1980 g/mol. The van der Waals surface area contributed by atoms with E-state index in [1.54, 1.807) is 29.8 Å². The van der Waals surface area contributed by atoms with Crippen molar-refractivity contribution in [3.05, 3.63) is 379 Å². The highest BCUT2D eigenvalue weighted by Gasteiger charge is 2.25. The zero-order valence-corrected chi connectivity index (χ0v) is 89.8. The summed E-state index contributed by atoms with van der Waals surface area (Å²) in [4.78, 5) is 66.2. The van der Waals surface area contributed by atoms with Crippen LogP contribution >= 0.6 is 0 Å². The predicted octanol–water partition coefficient (Wildman–Crippen LogP) is 35.9. The normalized spacial score (nSPS) is 11.0. The molecule has 146 heavy (non-hydrogen) atoms. The molecule has 0 bridgehead atoms. The van der Waals surface area contributed by atoms with Gasteiger partial charge in [0.05, 0.1) is 10.8 Å². The molecule has 0 aliphatic rings. The molecule has 0 saturated carbocycles. The van der Waals surface area contributed by atoms with Gasteiger partial charge >= 0.3 is 0 Å². The number of nitrogens with zero attached hydrogens (tertiary/aromatic N) is 7. The number of hydrogen-bond donors (Lipinski definition) is 0. The minimum atomic E-state index is -0.252. The van der Waals surface area contributed by atoms with E-state index in [4.69, 9.17) is 0 Å². The van der Waals surface area contributed by atoms with E-state index in [-0.39, 0.29) is 144 Å². The molecule has 0 aliphatic heterocycles. The summed E-state index contributed by atoms with van der Waals surface area (Å²) < 4.78 is 11.1. The van der Waals surface area contributed by atoms with Crippen molar-refractivity contribution in [3.63, 3.8) is 0 Å². The van der Waals surface area contributed by atoms with Crippen LogP contribution in [0.5, 0.6) is 0 Å². The fourth-order valence-electron chi connectivity index (χ4n) is 16.8. The first-order valence-electron chi connectivity index (χ1n) is 48.0. The van der Waals surface area contributed by atoms with Crippen molar-refractivity contribution in [1.29, 1.82) is 0 Å². The molecule has 12 heteroatoms. The molecular formula is C134H191N7O5. The van der Waals surface area contributed by atoms with Crippen molar-refractivity contribution in [2.75, 3.05) is 0 Å². The van der Waals surface area contributed by atoms with Gasteiger partial charge in [0.1, 0.15) is 5.65 Å². The molecule has 0 N–H and O–H groups in total. The Morgan fingerprint density at radius 2 is 0.582 bits per heavy atom. The SMILES string of the molecule is C.C.C.C.C.C.C.C.C.CC#Cc1cn(C(C)(C)C)c(=O)c2c(C)cccc12.CC#Cc1cn(C(C)(C)C)c(=O)c2ccccc12.CC(C)(C)n1ccc2ccccc2c1=O.CC(C)(C)n1ccc2cccnc21.Cc1cc(C)c(C(C)(C)C)cc1C.Cc1cc(C)cc(C(C)(C)C)c1.Cc1cc2ccccc2cc1C(C)(C)C.Cc1ccc2c(=O)n(C(C)(C)C)ccc2c1.Cc1cccc2ccn(C(C)(C)C)c(=O)c12. The van der Waals surface area contributed by atoms with Crippen LogP contribution in [0.2, 0.25) is 0 Å². The lowest BCUT2D eigenvalue weighted by atomic mass is 9.82. The Labute approximate surface area is 884 Å². The Hall–Kier alpha value is -12.9. The molecule has 7 heterocycles. The third-order valence-corrected chi connectivity index (χ3v) is 24.1. The number of hydrogen-bond acceptors (Lipinski definition) is 6. The van der Waals surface area contributed by atoms with Gasteiger partial charge in [-0.15, -0.1) is 11.8 Å². The van der Waals surface area contributed by atoms with Gasteiger partial charge in [-0.1, -0.05) is 309 Å². The number of rotatable bonds is 0. The van der Waals surface area contributed by atoms with E-state index in [0.29, 0.717) is 0 Å². The Balaban J connectivity index is 0. The topological polar surface area (TPSA) is 128 Å². The Morgan fingerprint density at radius 1 is 0.240 bits per heavy atom. The molecular weight excluding hydrogens is 1790 g/mol. The highest BCUT2D eigenvalue weighted by Crippen LogP contribution is 2.33. The van der Waals surface area contributed by atoms with E-state index in [1.165, 1.54) is 71.8 Å². The van der Waals surface area contributed by atoms with E-state index < -0.39 is 0 Å². The fourth-order valence-corrected chi connectivity index (χ4v) is 16.8. The third kappa shape index (κ3) is 34.9. The highest BCUT2D eigenvalue weighted by atomic mass is 16.1. The maximum atomic E-state index is 12.7. The Bertz CT molecular complexity index is 7440. The molecule has 0 saturated heterocycles. The minimum Gasteiger partial charge on any atom is -0.327 e. The van der Waals surface area contributed by atoms with Gasteiger partial charge in [-0.2, -0.15) is 0 Å². The van der Waals surface area contributed by atoms with Crippen molar-refractivity contribution in [2.45, 2.75) is 379 Å². The summed E-state index contributed by atoms with van der Waals surface area (Å²) in [5, 5.41) is 12.7. The number of aromatic nitrogens is 7. The number of aryl methyl sites for hydroxylation is 9. The third-order valence-electron chi connectivity index (χ3n) is 24.1. The Morgan fingerprint density at radius 3 is 1.05 bits per heavy atom. The molecule has 9 aromatic carbocycles. The van der Waals surface area contributed by atoms with Gasteiger partial charge in [0.25, 0.3) is 27.8 Å². The smallest absolute Gasteiger partial charge is 0.259 e. The van der Waals surface area contributed by atoms with Crippen molar-refractivity contribution in [2.24, 2.45) is 0 Å². The lowest BCUT2D eigenvalue weighted by molar-refractivity contribution is 0.385. The van der Waals surface area contributed by atoms with Gasteiger partial charge in [0, 0.05) is 120 Å². The summed E-state index contributed by atoms with van der Waals surface area (Å²) in [7, 11) is 0. The van der Waals surface area contributed by atoms with Gasteiger partial charge in [-0.3, -0.25) is 24.0 Å². The van der Waals surface area contributed by atoms with Crippen molar-refractivity contribution in [1.82, 2.24) is 32.4 Å². The first-order chi connectivity index (χ1) is 63.4. The van der Waals surface area contributed by atoms with Crippen LogP contribution in [0.15, 0.2) is 274 Å². The monoisotopic (exact) mass is 1980 g/mol. The van der Waals surface area contributed by atoms with Crippen LogP contribution in [0.1, 0.15) is 346 Å². The maximum Gasteiger partial charge on any atom is 0.259 e. The second kappa shape index (κ2) is 54.5. The predicted molar refractivity (Wildman–Crippen MR) is 652 cm³/mol. The lowest BCUT2D eigenvalue weighted by Crippen LogP contribution is -2.34. The summed E-state index contributed by atoms with van der Waals surface area (Å²) in [6, 6.07) is 69.8. The van der Waals surface area contributed by atoms with Gasteiger partial charge in [0.2, 0.25) is 0 Å². The van der Waals surface area contributed by atoms with Gasteiger partial charge in [0.15, 0.2) is 0 Å². The molecule has 792 valence electrons. The van der Waals surface area contributed by atoms with Crippen LogP contribution < -0.4 is 27.8 Å². The summed E-state index contributed by atoms with van der Waals surface area (Å²) in [5.41, 5.74) is 19.0. The summed E-state index contributed by atoms with van der Waals surface area (Å²) >= 11 is 0. The number of fused-ring (bicyclic) bond motifs is 7. The molecule has 0 fully saturated rings. The number of pyridine rings is 6. The first-order valence-corrected chi connectivity index (χ1v) is 48.0. The van der Waals surface area contributed by atoms with E-state index in [2.05, 4.69) is 243 Å². The van der Waals surface area contributed by atoms with E-state index in [0.717, 1.165) is 81.8 Å². The molecule has 0 radical (unpaired) electrons. The molecule has 16 rings (SSSR count). The molecule has 0 amide bonds. The van der Waals surface area contributed by atoms with Gasteiger partial charge in [-0.25, -0.2) is 4.98 Å². The molecule has 12 nitrogen and oxygen atoms in total. The van der Waals surface area contributed by atoms with Crippen LogP contribution in [0.25, 0.3) is 75.7 Å². The molecule has 0 spiro atoms. The zero-order valence-electron chi connectivity index (χ0n) is 89.8. The van der Waals surface area contributed by atoms with E-state index >= 15 is 0 Å².